The maximum absolute atomic E-state index is 12.4. The highest BCUT2D eigenvalue weighted by atomic mass is 35.5. The average Bonchev–Trinajstić information content (AvgIpc) is 3.32. The van der Waals surface area contributed by atoms with Crippen LogP contribution in [0.25, 0.3) is 11.4 Å². The molecule has 1 fully saturated rings. The van der Waals surface area contributed by atoms with Gasteiger partial charge in [-0.05, 0) is 43.3 Å². The third kappa shape index (κ3) is 4.04. The third-order valence-electron chi connectivity index (χ3n) is 4.54. The van der Waals surface area contributed by atoms with Gasteiger partial charge in [0, 0.05) is 36.8 Å². The van der Waals surface area contributed by atoms with Crippen LogP contribution in [-0.2, 0) is 6.54 Å². The normalized spacial score (nSPS) is 15.3. The van der Waals surface area contributed by atoms with Crippen LogP contribution in [-0.4, -0.2) is 52.0 Å². The molecule has 1 saturated heterocycles. The topological polar surface area (TPSA) is 75.6 Å². The number of halogens is 1. The first-order chi connectivity index (χ1) is 13.1. The van der Waals surface area contributed by atoms with E-state index < -0.39 is 0 Å². The highest BCUT2D eigenvalue weighted by molar-refractivity contribution is 6.30. The first kappa shape index (κ1) is 17.8. The molecule has 8 heteroatoms. The average molecular weight is 387 g/mol. The van der Waals surface area contributed by atoms with Gasteiger partial charge in [-0.1, -0.05) is 16.8 Å². The standard InChI is InChI=1S/C19H19ClN4O3/c1-13-2-7-16(26-13)19(25)24-10-8-23(9-11-24)12-17-21-18(22-27-17)14-3-5-15(20)6-4-14/h2-7H,8-12H2,1H3. The molecule has 4 rings (SSSR count). The van der Waals surface area contributed by atoms with Crippen molar-refractivity contribution in [1.29, 1.82) is 0 Å². The number of piperazine rings is 1. The van der Waals surface area contributed by atoms with Gasteiger partial charge >= 0.3 is 0 Å². The highest BCUT2D eigenvalue weighted by Gasteiger charge is 2.25. The Kier molecular flexibility index (Phi) is 4.96. The molecule has 0 unspecified atom stereocenters. The third-order valence-corrected chi connectivity index (χ3v) is 4.79. The minimum atomic E-state index is -0.0643. The molecule has 0 radical (unpaired) electrons. The summed E-state index contributed by atoms with van der Waals surface area (Å²) in [5, 5.41) is 4.70. The van der Waals surface area contributed by atoms with Crippen molar-refractivity contribution in [1.82, 2.24) is 19.9 Å². The van der Waals surface area contributed by atoms with Gasteiger partial charge in [0.1, 0.15) is 5.76 Å². The van der Waals surface area contributed by atoms with Crippen molar-refractivity contribution in [3.8, 4) is 11.4 Å². The van der Waals surface area contributed by atoms with Gasteiger partial charge in [0.2, 0.25) is 11.7 Å². The number of amides is 1. The fourth-order valence-electron chi connectivity index (χ4n) is 3.04. The molecule has 3 heterocycles. The molecule has 0 aliphatic carbocycles. The summed E-state index contributed by atoms with van der Waals surface area (Å²) in [6.07, 6.45) is 0. The van der Waals surface area contributed by atoms with Gasteiger partial charge in [-0.15, -0.1) is 0 Å². The minimum Gasteiger partial charge on any atom is -0.456 e. The molecule has 0 N–H and O–H groups in total. The Morgan fingerprint density at radius 3 is 2.52 bits per heavy atom. The van der Waals surface area contributed by atoms with Crippen molar-refractivity contribution < 1.29 is 13.7 Å². The number of benzene rings is 1. The molecule has 3 aromatic rings. The second kappa shape index (κ2) is 7.54. The molecule has 0 bridgehead atoms. The molecule has 1 aliphatic heterocycles. The van der Waals surface area contributed by atoms with Crippen LogP contribution in [0.3, 0.4) is 0 Å². The smallest absolute Gasteiger partial charge is 0.289 e. The van der Waals surface area contributed by atoms with Gasteiger partial charge in [0.05, 0.1) is 6.54 Å². The lowest BCUT2D eigenvalue weighted by Crippen LogP contribution is -2.48. The summed E-state index contributed by atoms with van der Waals surface area (Å²) < 4.78 is 10.8. The molecule has 2 aromatic heterocycles. The number of carbonyl (C=O) groups excluding carboxylic acids is 1. The van der Waals surface area contributed by atoms with Crippen LogP contribution in [0.4, 0.5) is 0 Å². The van der Waals surface area contributed by atoms with Crippen molar-refractivity contribution in [3.05, 3.63) is 58.8 Å². The van der Waals surface area contributed by atoms with E-state index in [0.717, 1.165) is 24.4 Å². The van der Waals surface area contributed by atoms with Gasteiger partial charge in [-0.3, -0.25) is 9.69 Å². The molecule has 1 aromatic carbocycles. The van der Waals surface area contributed by atoms with Crippen molar-refractivity contribution >= 4 is 17.5 Å². The zero-order chi connectivity index (χ0) is 18.8. The van der Waals surface area contributed by atoms with E-state index in [0.29, 0.717) is 42.1 Å². The van der Waals surface area contributed by atoms with E-state index >= 15 is 0 Å². The summed E-state index contributed by atoms with van der Waals surface area (Å²) in [6.45, 7) is 5.14. The number of rotatable bonds is 4. The zero-order valence-electron chi connectivity index (χ0n) is 14.9. The Hall–Kier alpha value is -2.64. The van der Waals surface area contributed by atoms with Gasteiger partial charge < -0.3 is 13.8 Å². The van der Waals surface area contributed by atoms with Crippen LogP contribution >= 0.6 is 11.6 Å². The Labute approximate surface area is 161 Å². The maximum Gasteiger partial charge on any atom is 0.289 e. The monoisotopic (exact) mass is 386 g/mol. The van der Waals surface area contributed by atoms with E-state index in [-0.39, 0.29) is 5.91 Å². The number of aromatic nitrogens is 2. The van der Waals surface area contributed by atoms with Gasteiger partial charge in [-0.25, -0.2) is 0 Å². The second-order valence-corrected chi connectivity index (χ2v) is 6.93. The second-order valence-electron chi connectivity index (χ2n) is 6.50. The molecular weight excluding hydrogens is 368 g/mol. The van der Waals surface area contributed by atoms with Crippen molar-refractivity contribution in [2.75, 3.05) is 26.2 Å². The van der Waals surface area contributed by atoms with Crippen LogP contribution in [0, 0.1) is 6.92 Å². The first-order valence-corrected chi connectivity index (χ1v) is 9.13. The predicted molar refractivity (Wildman–Crippen MR) is 99.4 cm³/mol. The largest absolute Gasteiger partial charge is 0.456 e. The fourth-order valence-corrected chi connectivity index (χ4v) is 3.17. The van der Waals surface area contributed by atoms with E-state index in [1.165, 1.54) is 0 Å². The summed E-state index contributed by atoms with van der Waals surface area (Å²) in [6, 6.07) is 10.8. The SMILES string of the molecule is Cc1ccc(C(=O)N2CCN(Cc3nc(-c4ccc(Cl)cc4)no3)CC2)o1. The van der Waals surface area contributed by atoms with Crippen LogP contribution in [0.5, 0.6) is 0 Å². The Morgan fingerprint density at radius 1 is 1.11 bits per heavy atom. The van der Waals surface area contributed by atoms with Crippen LogP contribution < -0.4 is 0 Å². The summed E-state index contributed by atoms with van der Waals surface area (Å²) in [4.78, 5) is 20.9. The van der Waals surface area contributed by atoms with E-state index in [2.05, 4.69) is 15.0 Å². The lowest BCUT2D eigenvalue weighted by atomic mass is 10.2. The van der Waals surface area contributed by atoms with Crippen molar-refractivity contribution in [2.24, 2.45) is 0 Å². The summed E-state index contributed by atoms with van der Waals surface area (Å²) in [5.74, 6) is 2.17. The van der Waals surface area contributed by atoms with Crippen LogP contribution in [0.15, 0.2) is 45.3 Å². The molecule has 27 heavy (non-hydrogen) atoms. The predicted octanol–water partition coefficient (Wildman–Crippen LogP) is 3.25. The van der Waals surface area contributed by atoms with E-state index in [4.69, 9.17) is 20.5 Å². The molecule has 0 saturated carbocycles. The highest BCUT2D eigenvalue weighted by Crippen LogP contribution is 2.19. The maximum atomic E-state index is 12.4. The molecule has 1 amide bonds. The summed E-state index contributed by atoms with van der Waals surface area (Å²) in [7, 11) is 0. The zero-order valence-corrected chi connectivity index (χ0v) is 15.6. The Morgan fingerprint density at radius 2 is 1.85 bits per heavy atom. The number of nitrogens with zero attached hydrogens (tertiary/aromatic N) is 4. The van der Waals surface area contributed by atoms with Gasteiger partial charge in [-0.2, -0.15) is 4.98 Å². The Bertz CT molecular complexity index is 927. The number of aryl methyl sites for hydroxylation is 1. The van der Waals surface area contributed by atoms with Crippen molar-refractivity contribution in [2.45, 2.75) is 13.5 Å². The minimum absolute atomic E-state index is 0.0643. The lowest BCUT2D eigenvalue weighted by molar-refractivity contribution is 0.0583. The first-order valence-electron chi connectivity index (χ1n) is 8.75. The molecular formula is C19H19ClN4O3. The number of furan rings is 1. The fraction of sp³-hybridized carbons (Fsp3) is 0.316. The van der Waals surface area contributed by atoms with E-state index in [1.807, 2.05) is 24.0 Å². The number of carbonyl (C=O) groups is 1. The van der Waals surface area contributed by atoms with E-state index in [9.17, 15) is 4.79 Å². The molecule has 140 valence electrons. The molecule has 0 spiro atoms. The molecule has 0 atom stereocenters. The number of hydrogen-bond acceptors (Lipinski definition) is 6. The van der Waals surface area contributed by atoms with E-state index in [1.54, 1.807) is 24.3 Å². The molecule has 1 aliphatic rings. The summed E-state index contributed by atoms with van der Waals surface area (Å²) in [5.41, 5.74) is 0.860. The number of hydrogen-bond donors (Lipinski definition) is 0. The van der Waals surface area contributed by atoms with Crippen LogP contribution in [0.1, 0.15) is 22.2 Å². The van der Waals surface area contributed by atoms with Crippen LogP contribution in [0.2, 0.25) is 5.02 Å². The summed E-state index contributed by atoms with van der Waals surface area (Å²) >= 11 is 5.90. The van der Waals surface area contributed by atoms with Gasteiger partial charge in [0.25, 0.3) is 5.91 Å². The van der Waals surface area contributed by atoms with Gasteiger partial charge in [0.15, 0.2) is 5.76 Å². The quantitative estimate of drug-likeness (QED) is 0.685. The Balaban J connectivity index is 1.33. The lowest BCUT2D eigenvalue weighted by Gasteiger charge is -2.33. The molecule has 7 nitrogen and oxygen atoms in total. The van der Waals surface area contributed by atoms with Crippen molar-refractivity contribution in [3.63, 3.8) is 0 Å².